The van der Waals surface area contributed by atoms with E-state index in [4.69, 9.17) is 5.73 Å². The van der Waals surface area contributed by atoms with Crippen LogP contribution in [0.1, 0.15) is 26.3 Å². The molecule has 0 fully saturated rings. The van der Waals surface area contributed by atoms with Crippen LogP contribution in [0.2, 0.25) is 0 Å². The molecule has 3 nitrogen and oxygen atoms in total. The van der Waals surface area contributed by atoms with E-state index < -0.39 is 5.54 Å². The molecule has 0 saturated heterocycles. The fourth-order valence-corrected chi connectivity index (χ4v) is 1.58. The molecule has 0 aliphatic rings. The Balaban J connectivity index is 2.53. The summed E-state index contributed by atoms with van der Waals surface area (Å²) < 4.78 is 13.4. The predicted molar refractivity (Wildman–Crippen MR) is 70.5 cm³/mol. The lowest BCUT2D eigenvalue weighted by molar-refractivity contribution is -0.124. The van der Waals surface area contributed by atoms with Crippen molar-refractivity contribution in [3.8, 4) is 0 Å². The first kappa shape index (κ1) is 14.6. The Labute approximate surface area is 108 Å². The summed E-state index contributed by atoms with van der Waals surface area (Å²) in [7, 11) is 0. The molecule has 18 heavy (non-hydrogen) atoms. The topological polar surface area (TPSA) is 55.1 Å². The highest BCUT2D eigenvalue weighted by Crippen LogP contribution is 2.12. The standard InChI is InChI=1S/C14H21FN2O/c1-10(13(18)17-9-14(2,3)16)8-11-6-4-5-7-12(11)15/h4-7,10H,8-9,16H2,1-3H3,(H,17,18). The third kappa shape index (κ3) is 4.84. The number of hydrogen-bond donors (Lipinski definition) is 2. The lowest BCUT2D eigenvalue weighted by Crippen LogP contribution is -2.46. The fraction of sp³-hybridized carbons (Fsp3) is 0.500. The molecule has 4 heteroatoms. The van der Waals surface area contributed by atoms with Gasteiger partial charge in [-0.15, -0.1) is 0 Å². The molecular formula is C14H21FN2O. The minimum absolute atomic E-state index is 0.100. The molecule has 0 aliphatic carbocycles. The van der Waals surface area contributed by atoms with Crippen molar-refractivity contribution in [3.63, 3.8) is 0 Å². The van der Waals surface area contributed by atoms with Crippen molar-refractivity contribution in [1.82, 2.24) is 5.32 Å². The van der Waals surface area contributed by atoms with Crippen LogP contribution < -0.4 is 11.1 Å². The molecule has 0 aromatic heterocycles. The number of amides is 1. The van der Waals surface area contributed by atoms with E-state index in [2.05, 4.69) is 5.32 Å². The maximum absolute atomic E-state index is 13.4. The van der Waals surface area contributed by atoms with Gasteiger partial charge < -0.3 is 11.1 Å². The zero-order valence-electron chi connectivity index (χ0n) is 11.2. The van der Waals surface area contributed by atoms with Crippen molar-refractivity contribution < 1.29 is 9.18 Å². The lowest BCUT2D eigenvalue weighted by Gasteiger charge is -2.20. The number of nitrogens with two attached hydrogens (primary N) is 1. The normalized spacial score (nSPS) is 13.2. The van der Waals surface area contributed by atoms with E-state index in [0.29, 0.717) is 18.5 Å². The minimum atomic E-state index is -0.437. The van der Waals surface area contributed by atoms with E-state index in [-0.39, 0.29) is 17.6 Å². The SMILES string of the molecule is CC(Cc1ccccc1F)C(=O)NCC(C)(C)N. The van der Waals surface area contributed by atoms with Gasteiger partial charge >= 0.3 is 0 Å². The average molecular weight is 252 g/mol. The second-order valence-corrected chi connectivity index (χ2v) is 5.40. The van der Waals surface area contributed by atoms with Crippen molar-refractivity contribution in [2.75, 3.05) is 6.54 Å². The molecule has 0 radical (unpaired) electrons. The van der Waals surface area contributed by atoms with Crippen LogP contribution in [0.5, 0.6) is 0 Å². The minimum Gasteiger partial charge on any atom is -0.354 e. The van der Waals surface area contributed by atoms with Crippen LogP contribution in [-0.2, 0) is 11.2 Å². The first-order valence-electron chi connectivity index (χ1n) is 6.09. The number of nitrogens with one attached hydrogen (secondary N) is 1. The van der Waals surface area contributed by atoms with E-state index in [9.17, 15) is 9.18 Å². The fourth-order valence-electron chi connectivity index (χ4n) is 1.58. The van der Waals surface area contributed by atoms with Gasteiger partial charge in [0.15, 0.2) is 0 Å². The smallest absolute Gasteiger partial charge is 0.223 e. The molecule has 100 valence electrons. The van der Waals surface area contributed by atoms with Crippen LogP contribution in [0.4, 0.5) is 4.39 Å². The van der Waals surface area contributed by atoms with E-state index >= 15 is 0 Å². The Hall–Kier alpha value is -1.42. The molecule has 1 aromatic rings. The van der Waals surface area contributed by atoms with Crippen LogP contribution in [-0.4, -0.2) is 18.0 Å². The molecule has 0 heterocycles. The van der Waals surface area contributed by atoms with Gasteiger partial charge in [0.25, 0.3) is 0 Å². The summed E-state index contributed by atoms with van der Waals surface area (Å²) in [6.45, 7) is 5.88. The highest BCUT2D eigenvalue weighted by Gasteiger charge is 2.18. The number of halogens is 1. The van der Waals surface area contributed by atoms with Crippen molar-refractivity contribution >= 4 is 5.91 Å². The van der Waals surface area contributed by atoms with Crippen molar-refractivity contribution in [3.05, 3.63) is 35.6 Å². The summed E-state index contributed by atoms with van der Waals surface area (Å²) in [6.07, 6.45) is 0.392. The van der Waals surface area contributed by atoms with Crippen molar-refractivity contribution in [1.29, 1.82) is 0 Å². The van der Waals surface area contributed by atoms with E-state index in [1.807, 2.05) is 13.8 Å². The van der Waals surface area contributed by atoms with Crippen LogP contribution in [0.15, 0.2) is 24.3 Å². The maximum atomic E-state index is 13.4. The number of rotatable bonds is 5. The first-order valence-corrected chi connectivity index (χ1v) is 6.09. The van der Waals surface area contributed by atoms with Crippen molar-refractivity contribution in [2.45, 2.75) is 32.7 Å². The van der Waals surface area contributed by atoms with E-state index in [1.165, 1.54) is 6.07 Å². The molecule has 1 rings (SSSR count). The Morgan fingerprint density at radius 1 is 1.44 bits per heavy atom. The van der Waals surface area contributed by atoms with Gasteiger partial charge in [0.2, 0.25) is 5.91 Å². The highest BCUT2D eigenvalue weighted by atomic mass is 19.1. The van der Waals surface area contributed by atoms with Gasteiger partial charge in [-0.05, 0) is 31.9 Å². The second-order valence-electron chi connectivity index (χ2n) is 5.40. The van der Waals surface area contributed by atoms with Crippen LogP contribution in [0.25, 0.3) is 0 Å². The molecular weight excluding hydrogens is 231 g/mol. The summed E-state index contributed by atoms with van der Waals surface area (Å²) in [4.78, 5) is 11.8. The molecule has 0 spiro atoms. The Morgan fingerprint density at radius 3 is 2.61 bits per heavy atom. The second kappa shape index (κ2) is 5.96. The third-order valence-electron chi connectivity index (χ3n) is 2.65. The van der Waals surface area contributed by atoms with Gasteiger partial charge in [-0.3, -0.25) is 4.79 Å². The molecule has 0 bridgehead atoms. The van der Waals surface area contributed by atoms with Gasteiger partial charge in [0.1, 0.15) is 5.82 Å². The maximum Gasteiger partial charge on any atom is 0.223 e. The Bertz CT molecular complexity index is 413. The van der Waals surface area contributed by atoms with Gasteiger partial charge in [0, 0.05) is 18.0 Å². The van der Waals surface area contributed by atoms with Gasteiger partial charge in [0.05, 0.1) is 0 Å². The van der Waals surface area contributed by atoms with Crippen LogP contribution >= 0.6 is 0 Å². The van der Waals surface area contributed by atoms with Crippen LogP contribution in [0, 0.1) is 11.7 Å². The first-order chi connectivity index (χ1) is 8.29. The predicted octanol–water partition coefficient (Wildman–Crippen LogP) is 1.86. The molecule has 1 aromatic carbocycles. The number of benzene rings is 1. The van der Waals surface area contributed by atoms with Gasteiger partial charge in [-0.25, -0.2) is 4.39 Å². The summed E-state index contributed by atoms with van der Waals surface area (Å²) in [5, 5.41) is 2.78. The molecule has 1 amide bonds. The molecule has 3 N–H and O–H groups in total. The highest BCUT2D eigenvalue weighted by molar-refractivity contribution is 5.78. The average Bonchev–Trinajstić information content (AvgIpc) is 2.28. The monoisotopic (exact) mass is 252 g/mol. The zero-order valence-corrected chi connectivity index (χ0v) is 11.2. The van der Waals surface area contributed by atoms with Gasteiger partial charge in [-0.1, -0.05) is 25.1 Å². The summed E-state index contributed by atoms with van der Waals surface area (Å²) in [6, 6.07) is 6.52. The van der Waals surface area contributed by atoms with Gasteiger partial charge in [-0.2, -0.15) is 0 Å². The quantitative estimate of drug-likeness (QED) is 0.840. The van der Waals surface area contributed by atoms with Crippen LogP contribution in [0.3, 0.4) is 0 Å². The molecule has 1 unspecified atom stereocenters. The largest absolute Gasteiger partial charge is 0.354 e. The third-order valence-corrected chi connectivity index (χ3v) is 2.65. The summed E-state index contributed by atoms with van der Waals surface area (Å²) >= 11 is 0. The number of carbonyl (C=O) groups excluding carboxylic acids is 1. The number of hydrogen-bond acceptors (Lipinski definition) is 2. The summed E-state index contributed by atoms with van der Waals surface area (Å²) in [5.74, 6) is -0.641. The lowest BCUT2D eigenvalue weighted by atomic mass is 9.99. The van der Waals surface area contributed by atoms with E-state index in [0.717, 1.165) is 0 Å². The Morgan fingerprint density at radius 2 is 2.06 bits per heavy atom. The molecule has 0 aliphatic heterocycles. The van der Waals surface area contributed by atoms with E-state index in [1.54, 1.807) is 25.1 Å². The van der Waals surface area contributed by atoms with Crippen molar-refractivity contribution in [2.24, 2.45) is 11.7 Å². The molecule has 0 saturated carbocycles. The zero-order chi connectivity index (χ0) is 13.8. The Kier molecular flexibility index (Phi) is 4.84. The molecule has 1 atom stereocenters. The number of carbonyl (C=O) groups is 1. The summed E-state index contributed by atoms with van der Waals surface area (Å²) in [5.41, 5.74) is 5.91.